The van der Waals surface area contributed by atoms with Crippen molar-refractivity contribution in [3.63, 3.8) is 0 Å². The van der Waals surface area contributed by atoms with E-state index < -0.39 is 60.6 Å². The number of nitrogens with zero attached hydrogens (tertiary/aromatic N) is 2. The highest BCUT2D eigenvalue weighted by atomic mass is 19.4. The molecule has 1 saturated heterocycles. The Balaban J connectivity index is 1.77. The average Bonchev–Trinajstić information content (AvgIpc) is 3.17. The molecule has 11 heteroatoms. The van der Waals surface area contributed by atoms with Gasteiger partial charge in [0.1, 0.15) is 5.60 Å². The van der Waals surface area contributed by atoms with E-state index in [1.165, 1.54) is 24.3 Å². The molecule has 8 nitrogen and oxygen atoms in total. The molecule has 0 aliphatic carbocycles. The van der Waals surface area contributed by atoms with Gasteiger partial charge in [-0.15, -0.1) is 0 Å². The number of amides is 3. The minimum absolute atomic E-state index is 0.0236. The second-order valence-electron chi connectivity index (χ2n) is 8.00. The Kier molecular flexibility index (Phi) is 5.25. The van der Waals surface area contributed by atoms with Crippen LogP contribution in [0.3, 0.4) is 0 Å². The van der Waals surface area contributed by atoms with Crippen LogP contribution in [-0.2, 0) is 14.4 Å². The van der Waals surface area contributed by atoms with Crippen molar-refractivity contribution in [3.8, 4) is 0 Å². The van der Waals surface area contributed by atoms with Crippen LogP contribution in [-0.4, -0.2) is 58.7 Å². The number of likely N-dealkylation sites (tertiary alicyclic amines) is 1. The predicted molar refractivity (Wildman–Crippen MR) is 93.9 cm³/mol. The number of rotatable bonds is 2. The number of hydroxylamine groups is 2. The first-order valence-corrected chi connectivity index (χ1v) is 9.04. The van der Waals surface area contributed by atoms with Crippen molar-refractivity contribution >= 4 is 23.9 Å². The van der Waals surface area contributed by atoms with Gasteiger partial charge in [-0.05, 0) is 32.9 Å². The summed E-state index contributed by atoms with van der Waals surface area (Å²) in [6.07, 6.45) is -5.82. The minimum atomic E-state index is -4.82. The van der Waals surface area contributed by atoms with Crippen LogP contribution in [0.1, 0.15) is 41.5 Å². The third kappa shape index (κ3) is 4.10. The Morgan fingerprint density at radius 2 is 1.53 bits per heavy atom. The lowest BCUT2D eigenvalue weighted by Gasteiger charge is -2.24. The number of benzene rings is 1. The third-order valence-corrected chi connectivity index (χ3v) is 4.63. The molecular weight excluding hydrogens is 409 g/mol. The van der Waals surface area contributed by atoms with Crippen LogP contribution in [0, 0.1) is 11.8 Å². The fraction of sp³-hybridized carbons (Fsp3) is 0.474. The van der Waals surface area contributed by atoms with Gasteiger partial charge in [-0.2, -0.15) is 13.2 Å². The molecule has 0 saturated carbocycles. The van der Waals surface area contributed by atoms with Gasteiger partial charge in [-0.1, -0.05) is 17.2 Å². The maximum atomic E-state index is 13.5. The summed E-state index contributed by atoms with van der Waals surface area (Å²) in [5.74, 6) is -7.38. The molecule has 2 aliphatic rings. The van der Waals surface area contributed by atoms with E-state index in [2.05, 4.69) is 0 Å². The fourth-order valence-corrected chi connectivity index (χ4v) is 3.26. The van der Waals surface area contributed by atoms with Crippen LogP contribution in [0.2, 0.25) is 0 Å². The Labute approximate surface area is 169 Å². The molecule has 3 rings (SSSR count). The summed E-state index contributed by atoms with van der Waals surface area (Å²) in [5.41, 5.74) is -0.988. The highest BCUT2D eigenvalue weighted by molar-refractivity contribution is 6.20. The van der Waals surface area contributed by atoms with Crippen molar-refractivity contribution < 1.29 is 41.9 Å². The van der Waals surface area contributed by atoms with E-state index >= 15 is 0 Å². The smallest absolute Gasteiger partial charge is 0.410 e. The van der Waals surface area contributed by atoms with Gasteiger partial charge in [-0.3, -0.25) is 9.59 Å². The van der Waals surface area contributed by atoms with Crippen molar-refractivity contribution in [1.29, 1.82) is 0 Å². The number of alkyl halides is 3. The molecule has 0 bridgehead atoms. The predicted octanol–water partition coefficient (Wildman–Crippen LogP) is 2.79. The summed E-state index contributed by atoms with van der Waals surface area (Å²) in [5, 5.41) is 0.149. The van der Waals surface area contributed by atoms with Crippen LogP contribution >= 0.6 is 0 Å². The monoisotopic (exact) mass is 428 g/mol. The molecule has 2 heterocycles. The lowest BCUT2D eigenvalue weighted by atomic mass is 9.96. The van der Waals surface area contributed by atoms with Crippen molar-refractivity contribution in [2.75, 3.05) is 13.1 Å². The van der Waals surface area contributed by atoms with E-state index in [0.717, 1.165) is 4.90 Å². The second-order valence-corrected chi connectivity index (χ2v) is 8.00. The zero-order valence-electron chi connectivity index (χ0n) is 16.4. The molecule has 1 aromatic rings. The summed E-state index contributed by atoms with van der Waals surface area (Å²) >= 11 is 0. The average molecular weight is 428 g/mol. The molecule has 1 aromatic carbocycles. The molecule has 0 aromatic heterocycles. The van der Waals surface area contributed by atoms with Gasteiger partial charge >= 0.3 is 18.2 Å². The van der Waals surface area contributed by atoms with E-state index in [1.54, 1.807) is 20.8 Å². The number of hydrogen-bond donors (Lipinski definition) is 0. The summed E-state index contributed by atoms with van der Waals surface area (Å²) in [4.78, 5) is 54.8. The first-order chi connectivity index (χ1) is 13.8. The number of ether oxygens (including phenoxy) is 1. The summed E-state index contributed by atoms with van der Waals surface area (Å²) in [6, 6.07) is 5.65. The summed E-state index contributed by atoms with van der Waals surface area (Å²) in [6.45, 7) is 3.23. The molecular formula is C19H19F3N2O6. The maximum Gasteiger partial charge on any atom is 0.410 e. The highest BCUT2D eigenvalue weighted by Gasteiger charge is 2.55. The van der Waals surface area contributed by atoms with Gasteiger partial charge in [0.2, 0.25) is 0 Å². The molecule has 162 valence electrons. The van der Waals surface area contributed by atoms with E-state index in [-0.39, 0.29) is 16.2 Å². The second kappa shape index (κ2) is 7.29. The third-order valence-electron chi connectivity index (χ3n) is 4.63. The molecule has 0 spiro atoms. The molecule has 1 fully saturated rings. The van der Waals surface area contributed by atoms with Crippen LogP contribution in [0.15, 0.2) is 24.3 Å². The quantitative estimate of drug-likeness (QED) is 0.673. The number of fused-ring (bicyclic) bond motifs is 1. The molecule has 0 radical (unpaired) electrons. The molecule has 0 unspecified atom stereocenters. The minimum Gasteiger partial charge on any atom is -0.444 e. The Morgan fingerprint density at radius 1 is 1.00 bits per heavy atom. The largest absolute Gasteiger partial charge is 0.444 e. The molecule has 2 aliphatic heterocycles. The lowest BCUT2D eigenvalue weighted by molar-refractivity contribution is -0.200. The van der Waals surface area contributed by atoms with Crippen LogP contribution in [0.25, 0.3) is 0 Å². The summed E-state index contributed by atoms with van der Waals surface area (Å²) in [7, 11) is 0. The van der Waals surface area contributed by atoms with Crippen LogP contribution in [0.4, 0.5) is 18.0 Å². The Hall–Kier alpha value is -3.11. The molecule has 2 atom stereocenters. The topological polar surface area (TPSA) is 93.2 Å². The van der Waals surface area contributed by atoms with Crippen molar-refractivity contribution in [2.45, 2.75) is 32.5 Å². The Morgan fingerprint density at radius 3 is 2.00 bits per heavy atom. The standard InChI is InChI=1S/C19H19F3N2O6/c1-18(2,3)29-17(28)23-8-12(13(9-23)19(20,21)22)16(27)30-24-14(25)10-6-4-5-7-11(10)15(24)26/h4-7,12-13H,8-9H2,1-3H3/t12-,13-/m0/s1. The molecule has 30 heavy (non-hydrogen) atoms. The van der Waals surface area contributed by atoms with Crippen LogP contribution < -0.4 is 0 Å². The van der Waals surface area contributed by atoms with Crippen molar-refractivity contribution in [1.82, 2.24) is 9.96 Å². The van der Waals surface area contributed by atoms with Gasteiger partial charge in [0, 0.05) is 13.1 Å². The number of carbonyl (C=O) groups is 4. The summed E-state index contributed by atoms with van der Waals surface area (Å²) < 4.78 is 45.6. The van der Waals surface area contributed by atoms with Gasteiger partial charge in [0.05, 0.1) is 23.0 Å². The first kappa shape index (κ1) is 21.6. The number of imide groups is 1. The molecule has 0 N–H and O–H groups in total. The normalized spacial score (nSPS) is 21.7. The fourth-order valence-electron chi connectivity index (χ4n) is 3.26. The molecule has 3 amide bonds. The lowest BCUT2D eigenvalue weighted by Crippen LogP contribution is -2.40. The van der Waals surface area contributed by atoms with Gasteiger partial charge in [0.25, 0.3) is 11.8 Å². The van der Waals surface area contributed by atoms with E-state index in [9.17, 15) is 32.3 Å². The number of hydrogen-bond acceptors (Lipinski definition) is 6. The number of carbonyl (C=O) groups excluding carboxylic acids is 4. The van der Waals surface area contributed by atoms with E-state index in [1.807, 2.05) is 0 Å². The Bertz CT molecular complexity index is 873. The maximum absolute atomic E-state index is 13.5. The first-order valence-electron chi connectivity index (χ1n) is 9.04. The van der Waals surface area contributed by atoms with E-state index in [0.29, 0.717) is 0 Å². The van der Waals surface area contributed by atoms with Crippen molar-refractivity contribution in [2.24, 2.45) is 11.8 Å². The van der Waals surface area contributed by atoms with Gasteiger partial charge in [-0.25, -0.2) is 9.59 Å². The van der Waals surface area contributed by atoms with Gasteiger partial charge in [0.15, 0.2) is 0 Å². The number of halogens is 3. The van der Waals surface area contributed by atoms with Crippen LogP contribution in [0.5, 0.6) is 0 Å². The highest BCUT2D eigenvalue weighted by Crippen LogP contribution is 2.39. The zero-order valence-corrected chi connectivity index (χ0v) is 16.4. The zero-order chi connectivity index (χ0) is 22.4. The van der Waals surface area contributed by atoms with E-state index in [4.69, 9.17) is 9.57 Å². The SMILES string of the molecule is CC(C)(C)OC(=O)N1C[C@H](C(=O)ON2C(=O)c3ccccc3C2=O)[C@@H](C(F)(F)F)C1. The van der Waals surface area contributed by atoms with Crippen molar-refractivity contribution in [3.05, 3.63) is 35.4 Å². The van der Waals surface area contributed by atoms with Gasteiger partial charge < -0.3 is 14.5 Å².